The molecule has 0 radical (unpaired) electrons. The van der Waals surface area contributed by atoms with E-state index in [1.54, 1.807) is 0 Å². The van der Waals surface area contributed by atoms with Crippen molar-refractivity contribution in [2.24, 2.45) is 5.92 Å². The van der Waals surface area contributed by atoms with E-state index in [2.05, 4.69) is 30.8 Å². The van der Waals surface area contributed by atoms with E-state index in [0.29, 0.717) is 0 Å². The zero-order chi connectivity index (χ0) is 14.2. The maximum absolute atomic E-state index is 10.5. The second-order valence-corrected chi connectivity index (χ2v) is 5.16. The maximum atomic E-state index is 10.5. The largest absolute Gasteiger partial charge is 0.388 e. The predicted octanol–water partition coefficient (Wildman–Crippen LogP) is 4.55. The summed E-state index contributed by atoms with van der Waals surface area (Å²) in [4.78, 5) is 0. The van der Waals surface area contributed by atoms with Crippen LogP contribution in [0.5, 0.6) is 0 Å². The highest BCUT2D eigenvalue weighted by Gasteiger charge is 2.19. The van der Waals surface area contributed by atoms with Gasteiger partial charge in [-0.3, -0.25) is 0 Å². The zero-order valence-electron chi connectivity index (χ0n) is 11.8. The summed E-state index contributed by atoms with van der Waals surface area (Å²) in [6.45, 7) is 3.82. The fourth-order valence-electron chi connectivity index (χ4n) is 2.54. The van der Waals surface area contributed by atoms with Crippen LogP contribution in [0.25, 0.3) is 0 Å². The first-order valence-electron chi connectivity index (χ1n) is 7.19. The molecule has 0 spiro atoms. The average Bonchev–Trinajstić information content (AvgIpc) is 2.52. The molecule has 1 N–H and O–H groups in total. The van der Waals surface area contributed by atoms with Crippen molar-refractivity contribution in [1.82, 2.24) is 0 Å². The first kappa shape index (κ1) is 14.5. The van der Waals surface area contributed by atoms with Crippen molar-refractivity contribution in [2.75, 3.05) is 0 Å². The molecule has 2 aromatic carbocycles. The molecule has 0 bridgehead atoms. The molecule has 0 saturated heterocycles. The molecule has 20 heavy (non-hydrogen) atoms. The summed E-state index contributed by atoms with van der Waals surface area (Å²) in [5.74, 6) is 0.218. The lowest BCUT2D eigenvalue weighted by molar-refractivity contribution is 0.104. The van der Waals surface area contributed by atoms with Crippen LogP contribution in [0.2, 0.25) is 0 Å². The van der Waals surface area contributed by atoms with E-state index in [4.69, 9.17) is 0 Å². The van der Waals surface area contributed by atoms with Crippen LogP contribution < -0.4 is 0 Å². The van der Waals surface area contributed by atoms with Crippen LogP contribution >= 0.6 is 0 Å². The molecule has 0 aromatic heterocycles. The van der Waals surface area contributed by atoms with Gasteiger partial charge in [0, 0.05) is 0 Å². The minimum atomic E-state index is -0.419. The lowest BCUT2D eigenvalue weighted by Gasteiger charge is -2.22. The quantitative estimate of drug-likeness (QED) is 0.729. The Hall–Kier alpha value is -1.86. The van der Waals surface area contributed by atoms with Crippen LogP contribution in [-0.4, -0.2) is 5.11 Å². The molecule has 1 nitrogen and oxygen atoms in total. The average molecular weight is 266 g/mol. The van der Waals surface area contributed by atoms with E-state index < -0.39 is 6.10 Å². The minimum Gasteiger partial charge on any atom is -0.388 e. The number of hydrogen-bond donors (Lipinski definition) is 1. The normalized spacial score (nSPS) is 13.7. The summed E-state index contributed by atoms with van der Waals surface area (Å²) in [5, 5.41) is 10.5. The van der Waals surface area contributed by atoms with Crippen LogP contribution in [0, 0.1) is 5.92 Å². The number of hydrogen-bond acceptors (Lipinski definition) is 1. The van der Waals surface area contributed by atoms with Gasteiger partial charge in [-0.15, -0.1) is 6.58 Å². The topological polar surface area (TPSA) is 20.2 Å². The van der Waals surface area contributed by atoms with E-state index in [-0.39, 0.29) is 5.92 Å². The summed E-state index contributed by atoms with van der Waals surface area (Å²) in [6.07, 6.45) is 4.28. The van der Waals surface area contributed by atoms with E-state index >= 15 is 0 Å². The van der Waals surface area contributed by atoms with Crippen molar-refractivity contribution in [3.05, 3.63) is 84.4 Å². The Morgan fingerprint density at radius 2 is 1.55 bits per heavy atom. The Kier molecular flexibility index (Phi) is 5.57. The number of rotatable bonds is 7. The molecule has 0 unspecified atom stereocenters. The fraction of sp³-hybridized carbons (Fsp3) is 0.263. The van der Waals surface area contributed by atoms with Crippen molar-refractivity contribution < 1.29 is 5.11 Å². The summed E-state index contributed by atoms with van der Waals surface area (Å²) < 4.78 is 0. The molecule has 0 aliphatic heterocycles. The van der Waals surface area contributed by atoms with Gasteiger partial charge in [0.1, 0.15) is 0 Å². The Balaban J connectivity index is 2.01. The maximum Gasteiger partial charge on any atom is 0.0821 e. The molecule has 0 heterocycles. The summed E-state index contributed by atoms with van der Waals surface area (Å²) in [7, 11) is 0. The molecule has 2 aromatic rings. The lowest BCUT2D eigenvalue weighted by atomic mass is 9.88. The van der Waals surface area contributed by atoms with Crippen molar-refractivity contribution in [2.45, 2.75) is 25.4 Å². The van der Waals surface area contributed by atoms with Crippen LogP contribution in [0.15, 0.2) is 73.3 Å². The van der Waals surface area contributed by atoms with E-state index in [1.165, 1.54) is 5.56 Å². The molecule has 1 heteroatoms. The molecule has 104 valence electrons. The van der Waals surface area contributed by atoms with Crippen LogP contribution in [0.4, 0.5) is 0 Å². The Morgan fingerprint density at radius 1 is 0.950 bits per heavy atom. The molecule has 0 aliphatic carbocycles. The van der Waals surface area contributed by atoms with Crippen LogP contribution in [0.3, 0.4) is 0 Å². The number of aliphatic hydroxyl groups is 1. The van der Waals surface area contributed by atoms with Crippen LogP contribution in [0.1, 0.15) is 30.1 Å². The Labute approximate surface area is 121 Å². The second-order valence-electron chi connectivity index (χ2n) is 5.16. The summed E-state index contributed by atoms with van der Waals surface area (Å²) >= 11 is 0. The summed E-state index contributed by atoms with van der Waals surface area (Å²) in [5.41, 5.74) is 2.31. The monoisotopic (exact) mass is 266 g/mol. The smallest absolute Gasteiger partial charge is 0.0821 e. The van der Waals surface area contributed by atoms with Gasteiger partial charge in [0.05, 0.1) is 6.10 Å². The third kappa shape index (κ3) is 4.07. The molecular weight excluding hydrogens is 244 g/mol. The van der Waals surface area contributed by atoms with Crippen molar-refractivity contribution in [3.8, 4) is 0 Å². The zero-order valence-corrected chi connectivity index (χ0v) is 11.8. The first-order chi connectivity index (χ1) is 9.81. The SMILES string of the molecule is C=CC[C@H](CCc1ccccc1)[C@H](O)c1ccccc1. The van der Waals surface area contributed by atoms with Gasteiger partial charge in [0.15, 0.2) is 0 Å². The molecule has 0 amide bonds. The number of aliphatic hydroxyl groups excluding tert-OH is 1. The molecule has 2 rings (SSSR count). The van der Waals surface area contributed by atoms with Gasteiger partial charge in [-0.05, 0) is 36.3 Å². The molecule has 0 aliphatic rings. The van der Waals surface area contributed by atoms with Gasteiger partial charge < -0.3 is 5.11 Å². The molecule has 0 fully saturated rings. The molecule has 0 saturated carbocycles. The van der Waals surface area contributed by atoms with E-state index in [1.807, 2.05) is 42.5 Å². The van der Waals surface area contributed by atoms with Gasteiger partial charge in [-0.25, -0.2) is 0 Å². The second kappa shape index (κ2) is 7.66. The van der Waals surface area contributed by atoms with Crippen LogP contribution in [-0.2, 0) is 6.42 Å². The molecule has 2 atom stereocenters. The van der Waals surface area contributed by atoms with Gasteiger partial charge in [-0.2, -0.15) is 0 Å². The fourth-order valence-corrected chi connectivity index (χ4v) is 2.54. The summed E-state index contributed by atoms with van der Waals surface area (Å²) in [6, 6.07) is 20.3. The highest BCUT2D eigenvalue weighted by molar-refractivity contribution is 5.19. The number of allylic oxidation sites excluding steroid dienone is 1. The number of benzene rings is 2. The highest BCUT2D eigenvalue weighted by atomic mass is 16.3. The van der Waals surface area contributed by atoms with Gasteiger partial charge >= 0.3 is 0 Å². The highest BCUT2D eigenvalue weighted by Crippen LogP contribution is 2.28. The van der Waals surface area contributed by atoms with Gasteiger partial charge in [0.25, 0.3) is 0 Å². The minimum absolute atomic E-state index is 0.218. The van der Waals surface area contributed by atoms with E-state index in [9.17, 15) is 5.11 Å². The Morgan fingerprint density at radius 3 is 2.15 bits per heavy atom. The predicted molar refractivity (Wildman–Crippen MR) is 84.5 cm³/mol. The molecular formula is C19H22O. The third-order valence-corrected chi connectivity index (χ3v) is 3.70. The number of aryl methyl sites for hydroxylation is 1. The lowest BCUT2D eigenvalue weighted by Crippen LogP contribution is -2.13. The van der Waals surface area contributed by atoms with Crippen molar-refractivity contribution >= 4 is 0 Å². The van der Waals surface area contributed by atoms with Crippen molar-refractivity contribution in [1.29, 1.82) is 0 Å². The third-order valence-electron chi connectivity index (χ3n) is 3.70. The van der Waals surface area contributed by atoms with E-state index in [0.717, 1.165) is 24.8 Å². The Bertz CT molecular complexity index is 504. The first-order valence-corrected chi connectivity index (χ1v) is 7.19. The standard InChI is InChI=1S/C19H22O/c1-2-9-17(15-14-16-10-5-3-6-11-16)19(20)18-12-7-4-8-13-18/h2-8,10-13,17,19-20H,1,9,14-15H2/t17-,19+/m1/s1. The van der Waals surface area contributed by atoms with Gasteiger partial charge in [-0.1, -0.05) is 66.7 Å². The van der Waals surface area contributed by atoms with Crippen molar-refractivity contribution in [3.63, 3.8) is 0 Å². The van der Waals surface area contributed by atoms with Gasteiger partial charge in [0.2, 0.25) is 0 Å².